The summed E-state index contributed by atoms with van der Waals surface area (Å²) in [5.74, 6) is 3.44. The Morgan fingerprint density at radius 2 is 1.93 bits per heavy atom. The number of aryl methyl sites for hydroxylation is 1. The molecule has 2 aromatic rings. The van der Waals surface area contributed by atoms with E-state index >= 15 is 0 Å². The van der Waals surface area contributed by atoms with Crippen LogP contribution >= 0.6 is 0 Å². The van der Waals surface area contributed by atoms with Crippen molar-refractivity contribution in [3.05, 3.63) is 29.7 Å². The minimum atomic E-state index is -0.144. The van der Waals surface area contributed by atoms with E-state index in [9.17, 15) is 5.11 Å². The number of rotatable bonds is 4. The van der Waals surface area contributed by atoms with Crippen molar-refractivity contribution in [2.75, 3.05) is 31.1 Å². The molecule has 0 saturated carbocycles. The molecule has 0 aliphatic carbocycles. The summed E-state index contributed by atoms with van der Waals surface area (Å²) < 4.78 is 2.17. The minimum Gasteiger partial charge on any atom is -0.393 e. The lowest BCUT2D eigenvalue weighted by Gasteiger charge is -2.33. The van der Waals surface area contributed by atoms with Crippen LogP contribution in [0.15, 0.2) is 12.4 Å². The van der Waals surface area contributed by atoms with Gasteiger partial charge >= 0.3 is 0 Å². The Labute approximate surface area is 160 Å². The van der Waals surface area contributed by atoms with E-state index in [-0.39, 0.29) is 6.10 Å². The fourth-order valence-electron chi connectivity index (χ4n) is 4.16. The number of piperidine rings is 2. The molecule has 0 radical (unpaired) electrons. The second-order valence-electron chi connectivity index (χ2n) is 7.84. The second kappa shape index (κ2) is 7.90. The Balaban J connectivity index is 1.44. The summed E-state index contributed by atoms with van der Waals surface area (Å²) in [6, 6.07) is 2.05. The molecule has 2 saturated heterocycles. The van der Waals surface area contributed by atoms with Crippen molar-refractivity contribution < 1.29 is 5.11 Å². The Hall–Kier alpha value is -2.06. The molecule has 2 aromatic heterocycles. The van der Waals surface area contributed by atoms with Crippen LogP contribution < -0.4 is 4.90 Å². The highest BCUT2D eigenvalue weighted by Crippen LogP contribution is 2.28. The number of anilines is 1. The standard InChI is InChI=1S/C19H29N7O/c1-14-10-17(21-13-20-14)26-7-3-4-15(11-26)19-23-22-18(24(19)2)12-25-8-5-16(27)6-9-25/h10,13,15-16,27H,3-9,11-12H2,1-2H3/t15-/m0/s1. The fourth-order valence-corrected chi connectivity index (χ4v) is 4.16. The van der Waals surface area contributed by atoms with E-state index in [1.807, 2.05) is 6.92 Å². The van der Waals surface area contributed by atoms with Gasteiger partial charge in [0.15, 0.2) is 0 Å². The number of likely N-dealkylation sites (tertiary alicyclic amines) is 1. The quantitative estimate of drug-likeness (QED) is 0.866. The molecule has 8 nitrogen and oxygen atoms in total. The van der Waals surface area contributed by atoms with Crippen LogP contribution in [-0.2, 0) is 13.6 Å². The monoisotopic (exact) mass is 371 g/mol. The van der Waals surface area contributed by atoms with E-state index in [1.54, 1.807) is 6.33 Å². The van der Waals surface area contributed by atoms with Crippen molar-refractivity contribution >= 4 is 5.82 Å². The minimum absolute atomic E-state index is 0.144. The van der Waals surface area contributed by atoms with E-state index in [0.29, 0.717) is 5.92 Å². The van der Waals surface area contributed by atoms with Gasteiger partial charge in [0.1, 0.15) is 23.8 Å². The van der Waals surface area contributed by atoms with Gasteiger partial charge in [-0.1, -0.05) is 0 Å². The van der Waals surface area contributed by atoms with Crippen LogP contribution in [0.2, 0.25) is 0 Å². The molecule has 1 atom stereocenters. The van der Waals surface area contributed by atoms with Crippen LogP contribution in [0.1, 0.15) is 48.9 Å². The second-order valence-corrected chi connectivity index (χ2v) is 7.84. The lowest BCUT2D eigenvalue weighted by atomic mass is 9.97. The number of hydrogen-bond donors (Lipinski definition) is 1. The zero-order valence-electron chi connectivity index (χ0n) is 16.3. The van der Waals surface area contributed by atoms with Gasteiger partial charge in [-0.2, -0.15) is 0 Å². The van der Waals surface area contributed by atoms with Crippen molar-refractivity contribution in [2.24, 2.45) is 7.05 Å². The maximum absolute atomic E-state index is 9.68. The molecule has 2 aliphatic heterocycles. The van der Waals surface area contributed by atoms with Crippen molar-refractivity contribution in [2.45, 2.75) is 51.2 Å². The SMILES string of the molecule is Cc1cc(N2CCC[C@H](c3nnc(CN4CCC(O)CC4)n3C)C2)ncn1. The van der Waals surface area contributed by atoms with Gasteiger partial charge in [0.05, 0.1) is 12.6 Å². The van der Waals surface area contributed by atoms with Crippen LogP contribution in [0.25, 0.3) is 0 Å². The van der Waals surface area contributed by atoms with Gasteiger partial charge in [-0.15, -0.1) is 10.2 Å². The molecule has 1 N–H and O–H groups in total. The topological polar surface area (TPSA) is 83.2 Å². The number of hydrogen-bond acceptors (Lipinski definition) is 7. The van der Waals surface area contributed by atoms with Crippen LogP contribution in [0, 0.1) is 6.92 Å². The van der Waals surface area contributed by atoms with E-state index in [4.69, 9.17) is 0 Å². The first-order valence-electron chi connectivity index (χ1n) is 9.92. The number of aliphatic hydroxyl groups excluding tert-OH is 1. The molecular formula is C19H29N7O. The molecular weight excluding hydrogens is 342 g/mol. The average molecular weight is 371 g/mol. The summed E-state index contributed by atoms with van der Waals surface area (Å²) in [6.07, 6.45) is 5.45. The molecule has 146 valence electrons. The highest BCUT2D eigenvalue weighted by atomic mass is 16.3. The van der Waals surface area contributed by atoms with Gasteiger partial charge in [-0.05, 0) is 32.6 Å². The first-order chi connectivity index (χ1) is 13.1. The Morgan fingerprint density at radius 1 is 1.11 bits per heavy atom. The van der Waals surface area contributed by atoms with Crippen LogP contribution in [-0.4, -0.2) is 67.0 Å². The third-order valence-electron chi connectivity index (χ3n) is 5.82. The Morgan fingerprint density at radius 3 is 2.70 bits per heavy atom. The first kappa shape index (κ1) is 18.3. The lowest BCUT2D eigenvalue weighted by molar-refractivity contribution is 0.0775. The molecule has 2 aliphatic rings. The first-order valence-corrected chi connectivity index (χ1v) is 9.92. The predicted octanol–water partition coefficient (Wildman–Crippen LogP) is 1.25. The molecule has 0 unspecified atom stereocenters. The molecule has 0 aromatic carbocycles. The number of aromatic nitrogens is 5. The Bertz CT molecular complexity index is 769. The van der Waals surface area contributed by atoms with Gasteiger partial charge < -0.3 is 14.6 Å². The van der Waals surface area contributed by atoms with Gasteiger partial charge in [0.2, 0.25) is 0 Å². The zero-order chi connectivity index (χ0) is 18.8. The van der Waals surface area contributed by atoms with Crippen LogP contribution in [0.3, 0.4) is 0 Å². The molecule has 27 heavy (non-hydrogen) atoms. The zero-order valence-corrected chi connectivity index (χ0v) is 16.3. The predicted molar refractivity (Wildman–Crippen MR) is 102 cm³/mol. The molecule has 8 heteroatoms. The van der Waals surface area contributed by atoms with Crippen LogP contribution in [0.4, 0.5) is 5.82 Å². The molecule has 0 bridgehead atoms. The molecule has 4 rings (SSSR count). The Kier molecular flexibility index (Phi) is 5.36. The third-order valence-corrected chi connectivity index (χ3v) is 5.82. The third kappa shape index (κ3) is 4.11. The number of aliphatic hydroxyl groups is 1. The normalized spacial score (nSPS) is 22.3. The smallest absolute Gasteiger partial charge is 0.146 e. The van der Waals surface area contributed by atoms with Crippen molar-refractivity contribution in [1.82, 2.24) is 29.6 Å². The summed E-state index contributed by atoms with van der Waals surface area (Å²) in [5, 5.41) is 18.7. The van der Waals surface area contributed by atoms with Crippen molar-refractivity contribution in [3.8, 4) is 0 Å². The fraction of sp³-hybridized carbons (Fsp3) is 0.684. The van der Waals surface area contributed by atoms with E-state index in [0.717, 1.165) is 81.6 Å². The largest absolute Gasteiger partial charge is 0.393 e. The highest BCUT2D eigenvalue weighted by molar-refractivity contribution is 5.39. The number of nitrogens with zero attached hydrogens (tertiary/aromatic N) is 7. The average Bonchev–Trinajstić information content (AvgIpc) is 3.04. The summed E-state index contributed by atoms with van der Waals surface area (Å²) in [7, 11) is 2.08. The van der Waals surface area contributed by atoms with Gasteiger partial charge in [-0.3, -0.25) is 4.90 Å². The van der Waals surface area contributed by atoms with E-state index in [1.165, 1.54) is 0 Å². The maximum Gasteiger partial charge on any atom is 0.146 e. The van der Waals surface area contributed by atoms with E-state index in [2.05, 4.69) is 47.6 Å². The summed E-state index contributed by atoms with van der Waals surface area (Å²) >= 11 is 0. The summed E-state index contributed by atoms with van der Waals surface area (Å²) in [5.41, 5.74) is 0.995. The molecule has 0 spiro atoms. The highest BCUT2D eigenvalue weighted by Gasteiger charge is 2.27. The van der Waals surface area contributed by atoms with Crippen molar-refractivity contribution in [3.63, 3.8) is 0 Å². The van der Waals surface area contributed by atoms with Crippen LogP contribution in [0.5, 0.6) is 0 Å². The van der Waals surface area contributed by atoms with Gasteiger partial charge in [-0.25, -0.2) is 9.97 Å². The molecule has 2 fully saturated rings. The van der Waals surface area contributed by atoms with Gasteiger partial charge in [0.25, 0.3) is 0 Å². The summed E-state index contributed by atoms with van der Waals surface area (Å²) in [4.78, 5) is 13.3. The van der Waals surface area contributed by atoms with Crippen molar-refractivity contribution in [1.29, 1.82) is 0 Å². The van der Waals surface area contributed by atoms with E-state index < -0.39 is 0 Å². The molecule has 0 amide bonds. The lowest BCUT2D eigenvalue weighted by Crippen LogP contribution is -2.36. The summed E-state index contributed by atoms with van der Waals surface area (Å²) in [6.45, 7) is 6.59. The molecule has 4 heterocycles. The maximum atomic E-state index is 9.68. The van der Waals surface area contributed by atoms with Gasteiger partial charge in [0, 0.05) is 50.9 Å².